The minimum atomic E-state index is 0.440. The van der Waals surface area contributed by atoms with E-state index < -0.39 is 0 Å². The Bertz CT molecular complexity index is 1040. The van der Waals surface area contributed by atoms with Crippen LogP contribution in [-0.4, -0.2) is 9.97 Å². The van der Waals surface area contributed by atoms with Crippen molar-refractivity contribution in [1.29, 1.82) is 0 Å². The van der Waals surface area contributed by atoms with E-state index in [2.05, 4.69) is 17.1 Å². The van der Waals surface area contributed by atoms with E-state index in [0.717, 1.165) is 33.8 Å². The number of benzene rings is 3. The van der Waals surface area contributed by atoms with E-state index in [1.54, 1.807) is 6.20 Å². The minimum absolute atomic E-state index is 0.440. The van der Waals surface area contributed by atoms with Crippen LogP contribution >= 0.6 is 11.6 Å². The Morgan fingerprint density at radius 1 is 0.750 bits per heavy atom. The summed E-state index contributed by atoms with van der Waals surface area (Å²) in [5.74, 6) is 0.819. The molecule has 0 atom stereocenters. The monoisotopic (exact) mass is 386 g/mol. The SMILES string of the molecule is Clc1ncc(-c2ccc(OCc3ccccc3)cc2)nc1Cc1ccccc1. The number of hydrogen-bond donors (Lipinski definition) is 0. The van der Waals surface area contributed by atoms with E-state index in [9.17, 15) is 0 Å². The molecule has 0 saturated heterocycles. The van der Waals surface area contributed by atoms with Gasteiger partial charge in [-0.1, -0.05) is 72.3 Å². The van der Waals surface area contributed by atoms with Crippen LogP contribution in [0.5, 0.6) is 5.75 Å². The molecule has 138 valence electrons. The summed E-state index contributed by atoms with van der Waals surface area (Å²) in [6, 6.07) is 28.1. The third kappa shape index (κ3) is 4.56. The van der Waals surface area contributed by atoms with E-state index in [1.165, 1.54) is 0 Å². The molecule has 0 unspecified atom stereocenters. The molecular formula is C24H19ClN2O. The van der Waals surface area contributed by atoms with E-state index in [1.807, 2.05) is 72.8 Å². The van der Waals surface area contributed by atoms with Gasteiger partial charge in [0, 0.05) is 12.0 Å². The zero-order chi connectivity index (χ0) is 19.2. The van der Waals surface area contributed by atoms with Gasteiger partial charge in [0.25, 0.3) is 0 Å². The first-order valence-corrected chi connectivity index (χ1v) is 9.48. The minimum Gasteiger partial charge on any atom is -0.489 e. The van der Waals surface area contributed by atoms with Crippen molar-refractivity contribution < 1.29 is 4.74 Å². The lowest BCUT2D eigenvalue weighted by molar-refractivity contribution is 0.306. The molecule has 0 aliphatic heterocycles. The van der Waals surface area contributed by atoms with Crippen LogP contribution in [0.25, 0.3) is 11.3 Å². The van der Waals surface area contributed by atoms with Crippen LogP contribution in [0.1, 0.15) is 16.8 Å². The first kappa shape index (κ1) is 18.2. The molecule has 0 saturated carbocycles. The molecule has 3 nitrogen and oxygen atoms in total. The smallest absolute Gasteiger partial charge is 0.150 e. The summed E-state index contributed by atoms with van der Waals surface area (Å²) >= 11 is 6.26. The molecule has 4 aromatic rings. The zero-order valence-electron chi connectivity index (χ0n) is 15.3. The van der Waals surface area contributed by atoms with E-state index >= 15 is 0 Å². The van der Waals surface area contributed by atoms with Gasteiger partial charge in [0.1, 0.15) is 12.4 Å². The predicted octanol–water partition coefficient (Wildman–Crippen LogP) is 5.97. The molecule has 4 rings (SSSR count). The van der Waals surface area contributed by atoms with Crippen molar-refractivity contribution in [3.05, 3.63) is 113 Å². The Morgan fingerprint density at radius 2 is 1.39 bits per heavy atom. The summed E-state index contributed by atoms with van der Waals surface area (Å²) in [6.45, 7) is 0.544. The normalized spacial score (nSPS) is 10.6. The van der Waals surface area contributed by atoms with Crippen molar-refractivity contribution in [1.82, 2.24) is 9.97 Å². The summed E-state index contributed by atoms with van der Waals surface area (Å²) in [5.41, 5.74) is 4.84. The van der Waals surface area contributed by atoms with Crippen molar-refractivity contribution in [2.45, 2.75) is 13.0 Å². The fourth-order valence-electron chi connectivity index (χ4n) is 2.92. The number of halogens is 1. The van der Waals surface area contributed by atoms with Crippen LogP contribution in [0.3, 0.4) is 0 Å². The van der Waals surface area contributed by atoms with E-state index in [4.69, 9.17) is 21.3 Å². The van der Waals surface area contributed by atoms with Crippen molar-refractivity contribution in [2.75, 3.05) is 0 Å². The second-order valence-corrected chi connectivity index (χ2v) is 6.81. The first-order valence-electron chi connectivity index (χ1n) is 9.10. The van der Waals surface area contributed by atoms with Gasteiger partial charge in [-0.3, -0.25) is 0 Å². The topological polar surface area (TPSA) is 35.0 Å². The fourth-order valence-corrected chi connectivity index (χ4v) is 3.07. The van der Waals surface area contributed by atoms with Crippen LogP contribution in [0.2, 0.25) is 5.15 Å². The molecule has 0 radical (unpaired) electrons. The molecular weight excluding hydrogens is 368 g/mol. The van der Waals surface area contributed by atoms with Gasteiger partial charge in [0.15, 0.2) is 5.15 Å². The second kappa shape index (κ2) is 8.68. The highest BCUT2D eigenvalue weighted by molar-refractivity contribution is 6.30. The summed E-state index contributed by atoms with van der Waals surface area (Å²) in [7, 11) is 0. The molecule has 1 heterocycles. The average molecular weight is 387 g/mol. The Morgan fingerprint density at radius 3 is 2.07 bits per heavy atom. The maximum absolute atomic E-state index is 6.26. The number of ether oxygens (including phenoxy) is 1. The lowest BCUT2D eigenvalue weighted by Crippen LogP contribution is -1.98. The van der Waals surface area contributed by atoms with Crippen LogP contribution in [0.15, 0.2) is 91.1 Å². The standard InChI is InChI=1S/C24H19ClN2O/c25-24-22(15-18-7-3-1-4-8-18)27-23(16-26-24)20-11-13-21(14-12-20)28-17-19-9-5-2-6-10-19/h1-14,16H,15,17H2. The van der Waals surface area contributed by atoms with Crippen molar-refractivity contribution >= 4 is 11.6 Å². The molecule has 0 fully saturated rings. The van der Waals surface area contributed by atoms with Crippen LogP contribution in [0.4, 0.5) is 0 Å². The van der Waals surface area contributed by atoms with Gasteiger partial charge in [-0.2, -0.15) is 0 Å². The van der Waals surface area contributed by atoms with Crippen molar-refractivity contribution in [3.8, 4) is 17.0 Å². The predicted molar refractivity (Wildman–Crippen MR) is 113 cm³/mol. The maximum Gasteiger partial charge on any atom is 0.150 e. The van der Waals surface area contributed by atoms with Crippen LogP contribution in [-0.2, 0) is 13.0 Å². The molecule has 0 aliphatic rings. The van der Waals surface area contributed by atoms with Gasteiger partial charge in [-0.05, 0) is 35.4 Å². The number of aromatic nitrogens is 2. The average Bonchev–Trinajstić information content (AvgIpc) is 2.76. The fraction of sp³-hybridized carbons (Fsp3) is 0.0833. The molecule has 0 amide bonds. The highest BCUT2D eigenvalue weighted by Crippen LogP contribution is 2.24. The van der Waals surface area contributed by atoms with Gasteiger partial charge in [-0.15, -0.1) is 0 Å². The molecule has 0 spiro atoms. The molecule has 3 aromatic carbocycles. The Labute approximate surface area is 169 Å². The number of hydrogen-bond acceptors (Lipinski definition) is 3. The molecule has 0 aliphatic carbocycles. The zero-order valence-corrected chi connectivity index (χ0v) is 16.0. The Balaban J connectivity index is 1.48. The van der Waals surface area contributed by atoms with Crippen molar-refractivity contribution in [2.24, 2.45) is 0 Å². The molecule has 0 N–H and O–H groups in total. The molecule has 1 aromatic heterocycles. The highest BCUT2D eigenvalue weighted by Gasteiger charge is 2.09. The number of nitrogens with zero attached hydrogens (tertiary/aromatic N) is 2. The Kier molecular flexibility index (Phi) is 5.64. The summed E-state index contributed by atoms with van der Waals surface area (Å²) in [4.78, 5) is 9.05. The van der Waals surface area contributed by atoms with Crippen LogP contribution in [0, 0.1) is 0 Å². The summed E-state index contributed by atoms with van der Waals surface area (Å²) in [5, 5.41) is 0.440. The summed E-state index contributed by atoms with van der Waals surface area (Å²) < 4.78 is 5.85. The maximum atomic E-state index is 6.26. The quantitative estimate of drug-likeness (QED) is 0.409. The van der Waals surface area contributed by atoms with Gasteiger partial charge in [0.05, 0.1) is 17.6 Å². The van der Waals surface area contributed by atoms with Gasteiger partial charge < -0.3 is 4.74 Å². The Hall–Kier alpha value is -3.17. The third-order valence-electron chi connectivity index (χ3n) is 4.41. The number of rotatable bonds is 6. The second-order valence-electron chi connectivity index (χ2n) is 6.45. The van der Waals surface area contributed by atoms with Gasteiger partial charge >= 0.3 is 0 Å². The third-order valence-corrected chi connectivity index (χ3v) is 4.72. The van der Waals surface area contributed by atoms with Gasteiger partial charge in [0.2, 0.25) is 0 Å². The first-order chi connectivity index (χ1) is 13.8. The van der Waals surface area contributed by atoms with E-state index in [0.29, 0.717) is 18.2 Å². The largest absolute Gasteiger partial charge is 0.489 e. The molecule has 28 heavy (non-hydrogen) atoms. The van der Waals surface area contributed by atoms with E-state index in [-0.39, 0.29) is 0 Å². The lowest BCUT2D eigenvalue weighted by Gasteiger charge is -2.09. The van der Waals surface area contributed by atoms with Crippen molar-refractivity contribution in [3.63, 3.8) is 0 Å². The lowest BCUT2D eigenvalue weighted by atomic mass is 10.1. The molecule has 4 heteroatoms. The highest BCUT2D eigenvalue weighted by atomic mass is 35.5. The van der Waals surface area contributed by atoms with Crippen LogP contribution < -0.4 is 4.74 Å². The van der Waals surface area contributed by atoms with Gasteiger partial charge in [-0.25, -0.2) is 9.97 Å². The summed E-state index contributed by atoms with van der Waals surface area (Å²) in [6.07, 6.45) is 2.36. The molecule has 0 bridgehead atoms.